The van der Waals surface area contributed by atoms with E-state index in [1.807, 2.05) is 11.8 Å². The minimum Gasteiger partial charge on any atom is -0.313 e. The topological polar surface area (TPSA) is 12.0 Å². The van der Waals surface area contributed by atoms with Crippen molar-refractivity contribution in [1.29, 1.82) is 0 Å². The molecule has 0 aliphatic heterocycles. The molecule has 4 heteroatoms. The fourth-order valence-electron chi connectivity index (χ4n) is 1.96. The van der Waals surface area contributed by atoms with Crippen LogP contribution in [-0.2, 0) is 6.42 Å². The van der Waals surface area contributed by atoms with E-state index >= 15 is 0 Å². The van der Waals surface area contributed by atoms with Crippen LogP contribution in [0.15, 0.2) is 18.2 Å². The average Bonchev–Trinajstić information content (AvgIpc) is 2.40. The summed E-state index contributed by atoms with van der Waals surface area (Å²) in [5.74, 6) is 1.21. The van der Waals surface area contributed by atoms with Crippen LogP contribution in [-0.4, -0.2) is 24.1 Å². The van der Waals surface area contributed by atoms with Crippen molar-refractivity contribution >= 4 is 11.8 Å². The standard InChI is InChI=1S/C16H25F2NS/c1-4-8-19-14(11-20-10-12(2)3)9-13-6-5-7-15(17)16(13)18/h5-7,12,14,19H,4,8-11H2,1-3H3. The van der Waals surface area contributed by atoms with Crippen LogP contribution in [0.25, 0.3) is 0 Å². The maximum Gasteiger partial charge on any atom is 0.162 e. The Hall–Kier alpha value is -0.610. The van der Waals surface area contributed by atoms with Crippen LogP contribution in [0.1, 0.15) is 32.8 Å². The van der Waals surface area contributed by atoms with E-state index in [1.54, 1.807) is 12.1 Å². The highest BCUT2D eigenvalue weighted by Crippen LogP contribution is 2.16. The molecule has 1 nitrogen and oxygen atoms in total. The van der Waals surface area contributed by atoms with Gasteiger partial charge < -0.3 is 5.32 Å². The Kier molecular flexibility index (Phi) is 8.15. The van der Waals surface area contributed by atoms with Gasteiger partial charge in [0.15, 0.2) is 11.6 Å². The maximum atomic E-state index is 13.7. The largest absolute Gasteiger partial charge is 0.313 e. The van der Waals surface area contributed by atoms with Crippen LogP contribution in [0.2, 0.25) is 0 Å². The fourth-order valence-corrected chi connectivity index (χ4v) is 3.08. The van der Waals surface area contributed by atoms with Gasteiger partial charge in [0.1, 0.15) is 0 Å². The fraction of sp³-hybridized carbons (Fsp3) is 0.625. The van der Waals surface area contributed by atoms with Crippen LogP contribution < -0.4 is 5.32 Å². The van der Waals surface area contributed by atoms with Crippen molar-refractivity contribution in [2.45, 2.75) is 39.7 Å². The zero-order valence-corrected chi connectivity index (χ0v) is 13.4. The summed E-state index contributed by atoms with van der Waals surface area (Å²) in [6.45, 7) is 7.39. The third-order valence-electron chi connectivity index (χ3n) is 2.95. The molecule has 0 bridgehead atoms. The van der Waals surface area contributed by atoms with E-state index in [0.29, 0.717) is 17.9 Å². The molecular formula is C16H25F2NS. The van der Waals surface area contributed by atoms with Gasteiger partial charge in [-0.2, -0.15) is 11.8 Å². The second kappa shape index (κ2) is 9.35. The lowest BCUT2D eigenvalue weighted by Gasteiger charge is -2.19. The first kappa shape index (κ1) is 17.4. The number of thioether (sulfide) groups is 1. The summed E-state index contributed by atoms with van der Waals surface area (Å²) >= 11 is 1.87. The van der Waals surface area contributed by atoms with Gasteiger partial charge in [-0.05, 0) is 42.7 Å². The quantitative estimate of drug-likeness (QED) is 0.731. The molecule has 0 heterocycles. The lowest BCUT2D eigenvalue weighted by atomic mass is 10.1. The van der Waals surface area contributed by atoms with Crippen LogP contribution in [0.4, 0.5) is 8.78 Å². The summed E-state index contributed by atoms with van der Waals surface area (Å²) in [5, 5.41) is 3.43. The Labute approximate surface area is 125 Å². The molecule has 1 rings (SSSR count). The zero-order chi connectivity index (χ0) is 15.0. The highest BCUT2D eigenvalue weighted by molar-refractivity contribution is 7.99. The maximum absolute atomic E-state index is 13.7. The lowest BCUT2D eigenvalue weighted by molar-refractivity contribution is 0.483. The minimum absolute atomic E-state index is 0.190. The first-order chi connectivity index (χ1) is 9.54. The number of nitrogens with one attached hydrogen (secondary N) is 1. The number of halogens is 2. The molecule has 0 aliphatic rings. The predicted octanol–water partition coefficient (Wildman–Crippen LogP) is 4.26. The van der Waals surface area contributed by atoms with E-state index in [9.17, 15) is 8.78 Å². The third-order valence-corrected chi connectivity index (χ3v) is 4.49. The monoisotopic (exact) mass is 301 g/mol. The average molecular weight is 301 g/mol. The van der Waals surface area contributed by atoms with Gasteiger partial charge in [-0.1, -0.05) is 32.9 Å². The normalized spacial score (nSPS) is 12.9. The van der Waals surface area contributed by atoms with E-state index < -0.39 is 11.6 Å². The van der Waals surface area contributed by atoms with Crippen LogP contribution >= 0.6 is 11.8 Å². The Morgan fingerprint density at radius 1 is 1.20 bits per heavy atom. The Bertz CT molecular complexity index is 396. The molecule has 0 saturated carbocycles. The second-order valence-corrected chi connectivity index (χ2v) is 6.57. The smallest absolute Gasteiger partial charge is 0.162 e. The molecule has 20 heavy (non-hydrogen) atoms. The summed E-state index contributed by atoms with van der Waals surface area (Å²) in [7, 11) is 0. The molecule has 1 aromatic carbocycles. The van der Waals surface area contributed by atoms with Crippen molar-refractivity contribution in [3.8, 4) is 0 Å². The molecule has 114 valence electrons. The molecule has 0 radical (unpaired) electrons. The van der Waals surface area contributed by atoms with E-state index in [4.69, 9.17) is 0 Å². The van der Waals surface area contributed by atoms with Gasteiger partial charge in [-0.15, -0.1) is 0 Å². The van der Waals surface area contributed by atoms with E-state index in [-0.39, 0.29) is 6.04 Å². The third kappa shape index (κ3) is 6.23. The Balaban J connectivity index is 2.60. The molecule has 1 atom stereocenters. The predicted molar refractivity (Wildman–Crippen MR) is 84.3 cm³/mol. The molecule has 0 aromatic heterocycles. The summed E-state index contributed by atoms with van der Waals surface area (Å²) in [6, 6.07) is 4.61. The Morgan fingerprint density at radius 2 is 1.95 bits per heavy atom. The summed E-state index contributed by atoms with van der Waals surface area (Å²) < 4.78 is 27.0. The molecular weight excluding hydrogens is 276 g/mol. The van der Waals surface area contributed by atoms with Gasteiger partial charge in [-0.25, -0.2) is 8.78 Å². The SMILES string of the molecule is CCCNC(CSCC(C)C)Cc1cccc(F)c1F. The molecule has 0 saturated heterocycles. The van der Waals surface area contributed by atoms with Gasteiger partial charge in [0.2, 0.25) is 0 Å². The van der Waals surface area contributed by atoms with Crippen molar-refractivity contribution in [2.75, 3.05) is 18.1 Å². The highest BCUT2D eigenvalue weighted by Gasteiger charge is 2.14. The van der Waals surface area contributed by atoms with Gasteiger partial charge in [0.25, 0.3) is 0 Å². The van der Waals surface area contributed by atoms with Crippen LogP contribution in [0.5, 0.6) is 0 Å². The molecule has 1 aromatic rings. The van der Waals surface area contributed by atoms with Gasteiger partial charge in [-0.3, -0.25) is 0 Å². The van der Waals surface area contributed by atoms with Crippen molar-refractivity contribution < 1.29 is 8.78 Å². The van der Waals surface area contributed by atoms with E-state index in [1.165, 1.54) is 6.07 Å². The molecule has 0 aliphatic carbocycles. The molecule has 0 fully saturated rings. The highest BCUT2D eigenvalue weighted by atomic mass is 32.2. The van der Waals surface area contributed by atoms with Crippen molar-refractivity contribution in [1.82, 2.24) is 5.32 Å². The molecule has 0 amide bonds. The van der Waals surface area contributed by atoms with Gasteiger partial charge in [0, 0.05) is 11.8 Å². The molecule has 0 spiro atoms. The van der Waals surface area contributed by atoms with E-state index in [2.05, 4.69) is 26.1 Å². The van der Waals surface area contributed by atoms with Gasteiger partial charge >= 0.3 is 0 Å². The summed E-state index contributed by atoms with van der Waals surface area (Å²) in [4.78, 5) is 0. The minimum atomic E-state index is -0.758. The summed E-state index contributed by atoms with van der Waals surface area (Å²) in [6.07, 6.45) is 1.58. The number of benzene rings is 1. The van der Waals surface area contributed by atoms with Crippen molar-refractivity contribution in [2.24, 2.45) is 5.92 Å². The van der Waals surface area contributed by atoms with Crippen LogP contribution in [0.3, 0.4) is 0 Å². The molecule has 1 unspecified atom stereocenters. The van der Waals surface area contributed by atoms with Crippen LogP contribution in [0, 0.1) is 17.6 Å². The Morgan fingerprint density at radius 3 is 2.60 bits per heavy atom. The van der Waals surface area contributed by atoms with Gasteiger partial charge in [0.05, 0.1) is 0 Å². The summed E-state index contributed by atoms with van der Waals surface area (Å²) in [5.41, 5.74) is 0.462. The first-order valence-corrected chi connectivity index (χ1v) is 8.44. The lowest BCUT2D eigenvalue weighted by Crippen LogP contribution is -2.34. The number of rotatable bonds is 9. The van der Waals surface area contributed by atoms with Crippen molar-refractivity contribution in [3.63, 3.8) is 0 Å². The second-order valence-electron chi connectivity index (χ2n) is 5.50. The zero-order valence-electron chi connectivity index (χ0n) is 12.6. The van der Waals surface area contributed by atoms with Crippen molar-refractivity contribution in [3.05, 3.63) is 35.4 Å². The number of hydrogen-bond donors (Lipinski definition) is 1. The first-order valence-electron chi connectivity index (χ1n) is 7.28. The number of hydrogen-bond acceptors (Lipinski definition) is 2. The van der Waals surface area contributed by atoms with E-state index in [0.717, 1.165) is 24.5 Å². The molecule has 1 N–H and O–H groups in total.